The van der Waals surface area contributed by atoms with Gasteiger partial charge < -0.3 is 10.6 Å². The van der Waals surface area contributed by atoms with Gasteiger partial charge in [0.05, 0.1) is 5.52 Å². The lowest BCUT2D eigenvalue weighted by atomic mass is 10.0. The lowest BCUT2D eigenvalue weighted by Gasteiger charge is -2.05. The van der Waals surface area contributed by atoms with Crippen molar-refractivity contribution in [2.75, 3.05) is 24.7 Å². The van der Waals surface area contributed by atoms with Crippen LogP contribution in [0.1, 0.15) is 0 Å². The van der Waals surface area contributed by atoms with E-state index in [-0.39, 0.29) is 0 Å². The Labute approximate surface area is 111 Å². The highest BCUT2D eigenvalue weighted by Crippen LogP contribution is 2.27. The number of benzene rings is 2. The standard InChI is InChI=1S/C15H16N4/c1-16-12-6-3-10(4-7-12)11-5-8-14-13(9-11)15(17-2)19-18-14/h3-9,16H,1-2H3,(H2,17,18,19). The van der Waals surface area contributed by atoms with Crippen LogP contribution in [0.4, 0.5) is 11.5 Å². The van der Waals surface area contributed by atoms with E-state index in [0.29, 0.717) is 0 Å². The molecular weight excluding hydrogens is 236 g/mol. The summed E-state index contributed by atoms with van der Waals surface area (Å²) >= 11 is 0. The van der Waals surface area contributed by atoms with E-state index >= 15 is 0 Å². The zero-order valence-electron chi connectivity index (χ0n) is 11.0. The monoisotopic (exact) mass is 252 g/mol. The predicted molar refractivity (Wildman–Crippen MR) is 80.6 cm³/mol. The van der Waals surface area contributed by atoms with Gasteiger partial charge in [-0.25, -0.2) is 0 Å². The molecule has 96 valence electrons. The molecule has 3 N–H and O–H groups in total. The highest BCUT2D eigenvalue weighted by atomic mass is 15.2. The number of aromatic nitrogens is 2. The molecule has 0 unspecified atom stereocenters. The quantitative estimate of drug-likeness (QED) is 0.670. The number of rotatable bonds is 3. The second kappa shape index (κ2) is 4.65. The van der Waals surface area contributed by atoms with Gasteiger partial charge in [0.25, 0.3) is 0 Å². The van der Waals surface area contributed by atoms with Crippen LogP contribution < -0.4 is 10.6 Å². The van der Waals surface area contributed by atoms with Gasteiger partial charge in [-0.15, -0.1) is 0 Å². The second-order valence-electron chi connectivity index (χ2n) is 4.41. The molecule has 0 bridgehead atoms. The molecule has 19 heavy (non-hydrogen) atoms. The zero-order valence-corrected chi connectivity index (χ0v) is 11.0. The van der Waals surface area contributed by atoms with E-state index in [1.807, 2.05) is 14.1 Å². The number of nitrogens with one attached hydrogen (secondary N) is 3. The number of hydrogen-bond acceptors (Lipinski definition) is 3. The van der Waals surface area contributed by atoms with Gasteiger partial charge in [0.15, 0.2) is 5.82 Å². The predicted octanol–water partition coefficient (Wildman–Crippen LogP) is 3.31. The summed E-state index contributed by atoms with van der Waals surface area (Å²) in [6.45, 7) is 0. The van der Waals surface area contributed by atoms with Crippen LogP contribution in [0.5, 0.6) is 0 Å². The van der Waals surface area contributed by atoms with Gasteiger partial charge in [-0.05, 0) is 35.4 Å². The molecule has 1 aromatic heterocycles. The van der Waals surface area contributed by atoms with Crippen molar-refractivity contribution in [3.05, 3.63) is 42.5 Å². The van der Waals surface area contributed by atoms with Gasteiger partial charge >= 0.3 is 0 Å². The fourth-order valence-corrected chi connectivity index (χ4v) is 2.21. The van der Waals surface area contributed by atoms with Crippen LogP contribution in [-0.2, 0) is 0 Å². The van der Waals surface area contributed by atoms with Crippen molar-refractivity contribution in [1.82, 2.24) is 10.2 Å². The van der Waals surface area contributed by atoms with E-state index in [0.717, 1.165) is 22.4 Å². The molecule has 4 nitrogen and oxygen atoms in total. The molecule has 2 aromatic carbocycles. The molecule has 0 amide bonds. The molecule has 0 atom stereocenters. The van der Waals surface area contributed by atoms with Crippen LogP contribution in [0.25, 0.3) is 22.0 Å². The Morgan fingerprint density at radius 3 is 2.32 bits per heavy atom. The van der Waals surface area contributed by atoms with E-state index in [2.05, 4.69) is 63.3 Å². The summed E-state index contributed by atoms with van der Waals surface area (Å²) in [4.78, 5) is 0. The maximum absolute atomic E-state index is 4.23. The SMILES string of the molecule is CNc1ccc(-c2ccc3[nH]nc(NC)c3c2)cc1. The van der Waals surface area contributed by atoms with Gasteiger partial charge in [-0.2, -0.15) is 5.10 Å². The molecule has 0 spiro atoms. The van der Waals surface area contributed by atoms with E-state index < -0.39 is 0 Å². The number of aromatic amines is 1. The van der Waals surface area contributed by atoms with Crippen LogP contribution in [-0.4, -0.2) is 24.3 Å². The minimum Gasteiger partial charge on any atom is -0.388 e. The molecule has 0 aliphatic heterocycles. The maximum Gasteiger partial charge on any atom is 0.155 e. The Balaban J connectivity index is 2.08. The number of fused-ring (bicyclic) bond motifs is 1. The van der Waals surface area contributed by atoms with Gasteiger partial charge in [0, 0.05) is 25.2 Å². The van der Waals surface area contributed by atoms with Gasteiger partial charge in [0.1, 0.15) is 0 Å². The van der Waals surface area contributed by atoms with E-state index in [1.165, 1.54) is 11.1 Å². The molecule has 0 fully saturated rings. The zero-order chi connectivity index (χ0) is 13.2. The lowest BCUT2D eigenvalue weighted by molar-refractivity contribution is 1.11. The smallest absolute Gasteiger partial charge is 0.155 e. The third-order valence-electron chi connectivity index (χ3n) is 3.31. The van der Waals surface area contributed by atoms with Crippen LogP contribution in [0.15, 0.2) is 42.5 Å². The Morgan fingerprint density at radius 1 is 0.895 bits per heavy atom. The van der Waals surface area contributed by atoms with Crippen molar-refractivity contribution >= 4 is 22.4 Å². The fraction of sp³-hybridized carbons (Fsp3) is 0.133. The van der Waals surface area contributed by atoms with Crippen LogP contribution in [0.2, 0.25) is 0 Å². The summed E-state index contributed by atoms with van der Waals surface area (Å²) in [5, 5.41) is 14.6. The van der Waals surface area contributed by atoms with Crippen LogP contribution in [0.3, 0.4) is 0 Å². The number of H-pyrrole nitrogens is 1. The first-order valence-corrected chi connectivity index (χ1v) is 6.26. The van der Waals surface area contributed by atoms with Crippen molar-refractivity contribution in [2.45, 2.75) is 0 Å². The van der Waals surface area contributed by atoms with E-state index in [9.17, 15) is 0 Å². The first kappa shape index (κ1) is 11.6. The number of nitrogens with zero attached hydrogens (tertiary/aromatic N) is 1. The highest BCUT2D eigenvalue weighted by Gasteiger charge is 2.06. The minimum absolute atomic E-state index is 0.878. The number of hydrogen-bond donors (Lipinski definition) is 3. The summed E-state index contributed by atoms with van der Waals surface area (Å²) in [5.41, 5.74) is 4.54. The normalized spacial score (nSPS) is 10.6. The van der Waals surface area contributed by atoms with Gasteiger partial charge in [-0.1, -0.05) is 18.2 Å². The molecule has 4 heteroatoms. The number of anilines is 2. The summed E-state index contributed by atoms with van der Waals surface area (Å²) in [7, 11) is 3.80. The van der Waals surface area contributed by atoms with Gasteiger partial charge in [0.2, 0.25) is 0 Å². The van der Waals surface area contributed by atoms with Crippen molar-refractivity contribution in [3.8, 4) is 11.1 Å². The van der Waals surface area contributed by atoms with Crippen molar-refractivity contribution in [3.63, 3.8) is 0 Å². The molecule has 0 saturated heterocycles. The molecule has 0 radical (unpaired) electrons. The molecule has 0 aliphatic rings. The molecule has 3 aromatic rings. The molecular formula is C15H16N4. The Hall–Kier alpha value is -2.49. The first-order chi connectivity index (χ1) is 9.31. The third kappa shape index (κ3) is 2.01. The van der Waals surface area contributed by atoms with E-state index in [4.69, 9.17) is 0 Å². The highest BCUT2D eigenvalue weighted by molar-refractivity contribution is 5.93. The van der Waals surface area contributed by atoms with Crippen molar-refractivity contribution in [2.24, 2.45) is 0 Å². The first-order valence-electron chi connectivity index (χ1n) is 6.26. The fourth-order valence-electron chi connectivity index (χ4n) is 2.21. The average molecular weight is 252 g/mol. The minimum atomic E-state index is 0.878. The molecule has 3 rings (SSSR count). The van der Waals surface area contributed by atoms with E-state index in [1.54, 1.807) is 0 Å². The summed E-state index contributed by atoms with van der Waals surface area (Å²) < 4.78 is 0. The van der Waals surface area contributed by atoms with Crippen LogP contribution >= 0.6 is 0 Å². The Morgan fingerprint density at radius 2 is 1.63 bits per heavy atom. The van der Waals surface area contributed by atoms with Crippen molar-refractivity contribution < 1.29 is 0 Å². The summed E-state index contributed by atoms with van der Waals surface area (Å²) in [5.74, 6) is 0.878. The molecule has 1 heterocycles. The molecule has 0 aliphatic carbocycles. The average Bonchev–Trinajstić information content (AvgIpc) is 2.89. The second-order valence-corrected chi connectivity index (χ2v) is 4.41. The topological polar surface area (TPSA) is 52.7 Å². The van der Waals surface area contributed by atoms with Crippen molar-refractivity contribution in [1.29, 1.82) is 0 Å². The van der Waals surface area contributed by atoms with Gasteiger partial charge in [-0.3, -0.25) is 5.10 Å². The summed E-state index contributed by atoms with van der Waals surface area (Å²) in [6, 6.07) is 14.7. The maximum atomic E-state index is 4.23. The largest absolute Gasteiger partial charge is 0.388 e. The van der Waals surface area contributed by atoms with Crippen LogP contribution in [0, 0.1) is 0 Å². The lowest BCUT2D eigenvalue weighted by Crippen LogP contribution is -1.88. The molecule has 0 saturated carbocycles. The summed E-state index contributed by atoms with van der Waals surface area (Å²) in [6.07, 6.45) is 0. The third-order valence-corrected chi connectivity index (χ3v) is 3.31. The Bertz CT molecular complexity index is 698. The Kier molecular flexibility index (Phi) is 2.83.